The van der Waals surface area contributed by atoms with Crippen LogP contribution in [0.2, 0.25) is 0 Å². The normalized spacial score (nSPS) is 12.6. The van der Waals surface area contributed by atoms with Gasteiger partial charge in [0, 0.05) is 28.4 Å². The minimum atomic E-state index is -1.39. The summed E-state index contributed by atoms with van der Waals surface area (Å²) in [5.74, 6) is 0.669. The van der Waals surface area contributed by atoms with Gasteiger partial charge in [-0.1, -0.05) is 29.4 Å². The van der Waals surface area contributed by atoms with E-state index in [1.54, 1.807) is 4.90 Å². The summed E-state index contributed by atoms with van der Waals surface area (Å²) in [5, 5.41) is 3.96. The van der Waals surface area contributed by atoms with E-state index in [1.807, 2.05) is 58.9 Å². The summed E-state index contributed by atoms with van der Waals surface area (Å²) in [6.07, 6.45) is 0. The van der Waals surface area contributed by atoms with Crippen molar-refractivity contribution in [3.05, 3.63) is 35.7 Å². The van der Waals surface area contributed by atoms with Gasteiger partial charge < -0.3 is 9.42 Å². The molecule has 136 valence electrons. The number of carbonyl (C=O) groups excluding carboxylic acids is 1. The van der Waals surface area contributed by atoms with Crippen LogP contribution in [0.4, 0.5) is 0 Å². The van der Waals surface area contributed by atoms with Crippen LogP contribution in [0, 0.1) is 6.92 Å². The zero-order valence-corrected chi connectivity index (χ0v) is 16.2. The molecular formula is C18H25N3O3S. The minimum absolute atomic E-state index is 0.0432. The number of hydrogen-bond donors (Lipinski definition) is 0. The molecule has 1 aromatic carbocycles. The molecule has 2 rings (SSSR count). The highest BCUT2D eigenvalue weighted by Crippen LogP contribution is 2.20. The van der Waals surface area contributed by atoms with Crippen LogP contribution in [0.25, 0.3) is 11.4 Å². The Bertz CT molecular complexity index is 748. The van der Waals surface area contributed by atoms with Crippen molar-refractivity contribution in [1.82, 2.24) is 15.0 Å². The first kappa shape index (κ1) is 19.3. The number of rotatable bonds is 7. The molecule has 0 aliphatic rings. The van der Waals surface area contributed by atoms with Crippen molar-refractivity contribution in [2.24, 2.45) is 0 Å². The molecule has 2 aromatic rings. The molecule has 1 atom stereocenters. The Balaban J connectivity index is 2.02. The Kier molecular flexibility index (Phi) is 6.47. The molecule has 1 heterocycles. The van der Waals surface area contributed by atoms with E-state index in [-0.39, 0.29) is 35.4 Å². The summed E-state index contributed by atoms with van der Waals surface area (Å²) in [4.78, 5) is 18.4. The summed E-state index contributed by atoms with van der Waals surface area (Å²) >= 11 is 0. The molecule has 0 saturated heterocycles. The van der Waals surface area contributed by atoms with Gasteiger partial charge in [0.2, 0.25) is 17.6 Å². The third-order valence-electron chi connectivity index (χ3n) is 3.82. The van der Waals surface area contributed by atoms with Gasteiger partial charge in [0.15, 0.2) is 0 Å². The van der Waals surface area contributed by atoms with Crippen molar-refractivity contribution in [2.75, 3.05) is 5.75 Å². The predicted molar refractivity (Wildman–Crippen MR) is 98.3 cm³/mol. The zero-order valence-electron chi connectivity index (χ0n) is 15.4. The molecule has 0 radical (unpaired) electrons. The van der Waals surface area contributed by atoms with Gasteiger partial charge in [-0.3, -0.25) is 9.00 Å². The molecule has 0 saturated carbocycles. The Labute approximate surface area is 151 Å². The van der Waals surface area contributed by atoms with Crippen LogP contribution in [0.3, 0.4) is 0 Å². The second-order valence-electron chi connectivity index (χ2n) is 6.54. The molecule has 0 fully saturated rings. The van der Waals surface area contributed by atoms with Crippen LogP contribution in [-0.2, 0) is 21.3 Å². The summed E-state index contributed by atoms with van der Waals surface area (Å²) in [7, 11) is -1.39. The first-order valence-electron chi connectivity index (χ1n) is 8.34. The highest BCUT2D eigenvalue weighted by Gasteiger charge is 2.23. The van der Waals surface area contributed by atoms with E-state index in [9.17, 15) is 9.00 Å². The topological polar surface area (TPSA) is 76.3 Å². The summed E-state index contributed by atoms with van der Waals surface area (Å²) in [5.41, 5.74) is 1.92. The fraction of sp³-hybridized carbons (Fsp3) is 0.500. The van der Waals surface area contributed by atoms with Gasteiger partial charge in [-0.25, -0.2) is 0 Å². The molecule has 0 aliphatic carbocycles. The lowest BCUT2D eigenvalue weighted by molar-refractivity contribution is -0.131. The molecule has 0 unspecified atom stereocenters. The van der Waals surface area contributed by atoms with Gasteiger partial charge in [-0.2, -0.15) is 4.98 Å². The number of hydrogen-bond acceptors (Lipinski definition) is 5. The number of nitrogens with zero attached hydrogens (tertiary/aromatic N) is 3. The van der Waals surface area contributed by atoms with E-state index in [2.05, 4.69) is 10.1 Å². The Morgan fingerprint density at radius 3 is 2.44 bits per heavy atom. The molecular weight excluding hydrogens is 338 g/mol. The molecule has 7 heteroatoms. The molecule has 0 N–H and O–H groups in total. The Hall–Kier alpha value is -2.02. The maximum Gasteiger partial charge on any atom is 0.239 e. The quantitative estimate of drug-likeness (QED) is 0.756. The summed E-state index contributed by atoms with van der Waals surface area (Å²) in [6.45, 7) is 9.77. The summed E-state index contributed by atoms with van der Waals surface area (Å²) < 4.78 is 17.5. The van der Waals surface area contributed by atoms with E-state index >= 15 is 0 Å². The third kappa shape index (κ3) is 4.98. The van der Waals surface area contributed by atoms with E-state index in [4.69, 9.17) is 4.52 Å². The van der Waals surface area contributed by atoms with Crippen molar-refractivity contribution in [1.29, 1.82) is 0 Å². The molecule has 0 bridgehead atoms. The first-order valence-corrected chi connectivity index (χ1v) is 9.83. The molecule has 1 amide bonds. The van der Waals surface area contributed by atoms with Crippen molar-refractivity contribution >= 4 is 16.7 Å². The lowest BCUT2D eigenvalue weighted by Crippen LogP contribution is -2.44. The summed E-state index contributed by atoms with van der Waals surface area (Å²) in [6, 6.07) is 7.86. The molecule has 25 heavy (non-hydrogen) atoms. The van der Waals surface area contributed by atoms with E-state index < -0.39 is 10.8 Å². The van der Waals surface area contributed by atoms with Gasteiger partial charge in [0.25, 0.3) is 0 Å². The van der Waals surface area contributed by atoms with Gasteiger partial charge in [-0.05, 0) is 40.2 Å². The fourth-order valence-corrected chi connectivity index (χ4v) is 3.74. The standard InChI is InChI=1S/C18H25N3O3S/c1-12(2)21(13(3)4)17(22)11-25(23)10-16-19-18(20-24-16)15-9-7-6-8-14(15)5/h6-9,12-13H,10-11H2,1-5H3/t25-/m0/s1. The number of carbonyl (C=O) groups is 1. The first-order chi connectivity index (χ1) is 11.8. The lowest BCUT2D eigenvalue weighted by Gasteiger charge is -2.30. The van der Waals surface area contributed by atoms with Crippen LogP contribution >= 0.6 is 0 Å². The van der Waals surface area contributed by atoms with Gasteiger partial charge in [0.1, 0.15) is 11.5 Å². The average molecular weight is 363 g/mol. The van der Waals surface area contributed by atoms with E-state index in [0.717, 1.165) is 11.1 Å². The highest BCUT2D eigenvalue weighted by atomic mass is 32.2. The molecule has 0 spiro atoms. The maximum atomic E-state index is 12.4. The van der Waals surface area contributed by atoms with Gasteiger partial charge >= 0.3 is 0 Å². The van der Waals surface area contributed by atoms with Crippen molar-refractivity contribution in [3.63, 3.8) is 0 Å². The number of aromatic nitrogens is 2. The average Bonchev–Trinajstić information content (AvgIpc) is 2.94. The van der Waals surface area contributed by atoms with Gasteiger partial charge in [0.05, 0.1) is 0 Å². The van der Waals surface area contributed by atoms with E-state index in [0.29, 0.717) is 5.82 Å². The minimum Gasteiger partial charge on any atom is -0.338 e. The van der Waals surface area contributed by atoms with Crippen LogP contribution in [-0.4, -0.2) is 43.0 Å². The van der Waals surface area contributed by atoms with Crippen molar-refractivity contribution in [3.8, 4) is 11.4 Å². The zero-order chi connectivity index (χ0) is 18.6. The molecule has 0 aliphatic heterocycles. The van der Waals surface area contributed by atoms with Crippen LogP contribution in [0.15, 0.2) is 28.8 Å². The second kappa shape index (κ2) is 8.38. The predicted octanol–water partition coefficient (Wildman–Crippen LogP) is 2.94. The Morgan fingerprint density at radius 1 is 1.20 bits per heavy atom. The van der Waals surface area contributed by atoms with Crippen LogP contribution in [0.5, 0.6) is 0 Å². The van der Waals surface area contributed by atoms with Crippen LogP contribution < -0.4 is 0 Å². The fourth-order valence-electron chi connectivity index (χ4n) is 2.82. The second-order valence-corrected chi connectivity index (χ2v) is 8.00. The van der Waals surface area contributed by atoms with Crippen molar-refractivity contribution < 1.29 is 13.5 Å². The molecule has 6 nitrogen and oxygen atoms in total. The van der Waals surface area contributed by atoms with Crippen molar-refractivity contribution in [2.45, 2.75) is 52.5 Å². The Morgan fingerprint density at radius 2 is 1.84 bits per heavy atom. The number of aryl methyl sites for hydroxylation is 1. The van der Waals surface area contributed by atoms with Gasteiger partial charge in [-0.15, -0.1) is 0 Å². The SMILES string of the molecule is Cc1ccccc1-c1noc(C[S@](=O)CC(=O)N(C(C)C)C(C)C)n1. The molecule has 1 aromatic heterocycles. The lowest BCUT2D eigenvalue weighted by atomic mass is 10.1. The highest BCUT2D eigenvalue weighted by molar-refractivity contribution is 7.84. The smallest absolute Gasteiger partial charge is 0.239 e. The van der Waals surface area contributed by atoms with E-state index in [1.165, 1.54) is 0 Å². The van der Waals surface area contributed by atoms with Crippen LogP contribution in [0.1, 0.15) is 39.1 Å². The third-order valence-corrected chi connectivity index (χ3v) is 4.96. The largest absolute Gasteiger partial charge is 0.338 e. The number of benzene rings is 1. The number of amides is 1. The monoisotopic (exact) mass is 363 g/mol. The maximum absolute atomic E-state index is 12.4.